The molecule has 0 N–H and O–H groups in total. The maximum absolute atomic E-state index is 2.89. The van der Waals surface area contributed by atoms with Gasteiger partial charge in [-0.15, -0.1) is 84.1 Å². The van der Waals surface area contributed by atoms with E-state index in [1.54, 1.807) is 21.6 Å². The minimum absolute atomic E-state index is 0. The predicted octanol–water partition coefficient (Wildman–Crippen LogP) is 7.51. The number of benzene rings is 3. The largest absolute Gasteiger partial charge is 0.184 e. The van der Waals surface area contributed by atoms with Gasteiger partial charge in [-0.1, -0.05) is 12.1 Å². The minimum atomic E-state index is 0. The summed E-state index contributed by atoms with van der Waals surface area (Å²) >= 11 is 3.64. The average molecular weight is 559 g/mol. The number of fused-ring (bicyclic) bond motifs is 2. The van der Waals surface area contributed by atoms with E-state index in [-0.39, 0.29) is 32.2 Å². The molecule has 150 valence electrons. The number of hydrogen-bond donors (Lipinski definition) is 0. The van der Waals surface area contributed by atoms with Crippen molar-refractivity contribution in [2.24, 2.45) is 0 Å². The first-order valence-electron chi connectivity index (χ1n) is 8.30. The molecule has 0 bridgehead atoms. The van der Waals surface area contributed by atoms with Gasteiger partial charge in [-0.3, -0.25) is 0 Å². The van der Waals surface area contributed by atoms with E-state index in [1.807, 2.05) is 30.3 Å². The molecule has 0 saturated heterocycles. The van der Waals surface area contributed by atoms with Gasteiger partial charge in [-0.25, -0.2) is 0 Å². The first-order chi connectivity index (χ1) is 12.9. The van der Waals surface area contributed by atoms with Gasteiger partial charge in [-0.05, 0) is 0 Å². The molecule has 0 fully saturated rings. The van der Waals surface area contributed by atoms with E-state index in [1.165, 1.54) is 21.5 Å². The van der Waals surface area contributed by atoms with Gasteiger partial charge in [-0.2, -0.15) is 71.4 Å². The maximum Gasteiger partial charge on any atom is -0.0809 e. The van der Waals surface area contributed by atoms with Crippen LogP contribution in [0.25, 0.3) is 21.5 Å². The molecule has 5 aromatic rings. The van der Waals surface area contributed by atoms with Crippen LogP contribution in [0.15, 0.2) is 115 Å². The Labute approximate surface area is 207 Å². The van der Waals surface area contributed by atoms with Crippen molar-refractivity contribution in [1.29, 1.82) is 0 Å². The van der Waals surface area contributed by atoms with Crippen molar-refractivity contribution in [1.82, 2.24) is 0 Å². The molecule has 0 aliphatic carbocycles. The SMILES string of the molecule is Cl.Cl.[CH3-].[Ge]=[Zr].[c-]1ccccc1.c1ccc2[cH-]ccc2c1.c1ccc2[cH-]ccc2c1. The van der Waals surface area contributed by atoms with Crippen molar-refractivity contribution in [2.45, 2.75) is 0 Å². The Morgan fingerprint density at radius 2 is 1.00 bits per heavy atom. The summed E-state index contributed by atoms with van der Waals surface area (Å²) < 4.78 is 0. The molecule has 0 atom stereocenters. The van der Waals surface area contributed by atoms with Crippen molar-refractivity contribution in [3.8, 4) is 0 Å². The van der Waals surface area contributed by atoms with Gasteiger partial charge in [0.05, 0.1) is 0 Å². The van der Waals surface area contributed by atoms with Gasteiger partial charge in [0.25, 0.3) is 0 Å². The first-order valence-corrected chi connectivity index (χ1v) is 15.7. The zero-order valence-corrected chi connectivity index (χ0v) is 22.5. The van der Waals surface area contributed by atoms with Crippen molar-refractivity contribution < 1.29 is 21.6 Å². The van der Waals surface area contributed by atoms with Gasteiger partial charge in [0, 0.05) is 0 Å². The summed E-state index contributed by atoms with van der Waals surface area (Å²) in [6, 6.07) is 41.8. The van der Waals surface area contributed by atoms with Gasteiger partial charge >= 0.3 is 33.7 Å². The van der Waals surface area contributed by atoms with E-state index in [9.17, 15) is 0 Å². The van der Waals surface area contributed by atoms with Crippen molar-refractivity contribution in [2.75, 3.05) is 0 Å². The Morgan fingerprint density at radius 1 is 0.586 bits per heavy atom. The van der Waals surface area contributed by atoms with E-state index in [0.717, 1.165) is 0 Å². The van der Waals surface area contributed by atoms with E-state index in [2.05, 4.69) is 103 Å². The Kier molecular flexibility index (Phi) is 19.6. The fourth-order valence-electron chi connectivity index (χ4n) is 2.48. The third-order valence-corrected chi connectivity index (χ3v) is 3.70. The van der Waals surface area contributed by atoms with Crippen LogP contribution in [-0.2, 0) is 21.6 Å². The van der Waals surface area contributed by atoms with Crippen molar-refractivity contribution in [3.05, 3.63) is 129 Å². The van der Waals surface area contributed by atoms with Crippen LogP contribution in [0.3, 0.4) is 0 Å². The molecule has 29 heavy (non-hydrogen) atoms. The number of rotatable bonds is 0. The smallest absolute Gasteiger partial charge is 0.0809 e. The van der Waals surface area contributed by atoms with Crippen LogP contribution >= 0.6 is 24.8 Å². The first kappa shape index (κ1) is 30.1. The summed E-state index contributed by atoms with van der Waals surface area (Å²) in [6.07, 6.45) is 0. The normalized spacial score (nSPS) is 8.10. The summed E-state index contributed by atoms with van der Waals surface area (Å²) in [4.78, 5) is 0. The van der Waals surface area contributed by atoms with E-state index < -0.39 is 0 Å². The van der Waals surface area contributed by atoms with Gasteiger partial charge in [0.2, 0.25) is 0 Å². The van der Waals surface area contributed by atoms with E-state index in [4.69, 9.17) is 0 Å². The van der Waals surface area contributed by atoms with Gasteiger partial charge in [0.1, 0.15) is 0 Å². The molecule has 0 aliphatic heterocycles. The van der Waals surface area contributed by atoms with Gasteiger partial charge < -0.3 is 7.43 Å². The van der Waals surface area contributed by atoms with Crippen LogP contribution in [0.1, 0.15) is 0 Å². The molecule has 0 aliphatic rings. The summed E-state index contributed by atoms with van der Waals surface area (Å²) in [5.74, 6) is 0. The fourth-order valence-corrected chi connectivity index (χ4v) is 2.48. The zero-order chi connectivity index (χ0) is 18.5. The molecule has 5 rings (SSSR count). The Balaban J connectivity index is 0. The Bertz CT molecular complexity index is 840. The molecule has 0 amide bonds. The third-order valence-electron chi connectivity index (χ3n) is 3.70. The molecular formula is C25H24Cl2GeZr-4. The minimum Gasteiger partial charge on any atom is -0.184 e. The van der Waals surface area contributed by atoms with Crippen LogP contribution in [0.2, 0.25) is 0 Å². The number of halogens is 2. The second-order valence-electron chi connectivity index (χ2n) is 5.39. The monoisotopic (exact) mass is 558 g/mol. The van der Waals surface area contributed by atoms with E-state index in [0.29, 0.717) is 0 Å². The zero-order valence-electron chi connectivity index (χ0n) is 16.3. The van der Waals surface area contributed by atoms with Crippen LogP contribution in [0, 0.1) is 13.5 Å². The molecular weight excluding hydrogens is 535 g/mol. The van der Waals surface area contributed by atoms with Crippen LogP contribution in [0.4, 0.5) is 0 Å². The number of hydrogen-bond acceptors (Lipinski definition) is 0. The summed E-state index contributed by atoms with van der Waals surface area (Å²) in [7, 11) is 0. The molecule has 5 aromatic carbocycles. The van der Waals surface area contributed by atoms with Gasteiger partial charge in [0.15, 0.2) is 0 Å². The summed E-state index contributed by atoms with van der Waals surface area (Å²) in [5.41, 5.74) is 0. The molecule has 0 spiro atoms. The molecule has 0 unspecified atom stereocenters. The maximum atomic E-state index is 2.89. The van der Waals surface area contributed by atoms with Crippen LogP contribution in [0.5, 0.6) is 0 Å². The van der Waals surface area contributed by atoms with Crippen molar-refractivity contribution in [3.63, 3.8) is 0 Å². The second kappa shape index (κ2) is 18.9. The van der Waals surface area contributed by atoms with E-state index >= 15 is 0 Å². The van der Waals surface area contributed by atoms with Crippen molar-refractivity contribution >= 4 is 58.5 Å². The predicted molar refractivity (Wildman–Crippen MR) is 131 cm³/mol. The standard InChI is InChI=1S/2C9H7.C6H5.CH3.2ClH.Ge.Zr/c2*1-2-5-9-7-3-6-8(9)4-1;1-2-4-6-5-3-1;;;;;/h2*1-7H;1-5H;1H3;2*1H;;/q4*-1;;;;. The van der Waals surface area contributed by atoms with Crippen LogP contribution in [-0.4, -0.2) is 12.1 Å². The summed E-state index contributed by atoms with van der Waals surface area (Å²) in [6.45, 7) is 0. The molecule has 0 nitrogen and oxygen atoms in total. The topological polar surface area (TPSA) is 0 Å². The quantitative estimate of drug-likeness (QED) is 0.136. The molecule has 0 aromatic heterocycles. The molecule has 2 radical (unpaired) electrons. The average Bonchev–Trinajstić information content (AvgIpc) is 3.41. The molecule has 0 saturated carbocycles. The second-order valence-corrected chi connectivity index (χ2v) is 5.39. The van der Waals surface area contributed by atoms with Crippen LogP contribution < -0.4 is 0 Å². The third kappa shape index (κ3) is 11.0. The Hall–Kier alpha value is -1.11. The summed E-state index contributed by atoms with van der Waals surface area (Å²) in [5, 5.41) is 5.32. The fraction of sp³-hybridized carbons (Fsp3) is 0. The molecule has 4 heteroatoms. The Morgan fingerprint density at radius 3 is 1.31 bits per heavy atom. The molecule has 0 heterocycles.